The Morgan fingerprint density at radius 1 is 1.04 bits per heavy atom. The van der Waals surface area contributed by atoms with Crippen LogP contribution < -0.4 is 0 Å². The van der Waals surface area contributed by atoms with Gasteiger partial charge in [-0.25, -0.2) is 0 Å². The zero-order valence-electron chi connectivity index (χ0n) is 16.7. The van der Waals surface area contributed by atoms with Gasteiger partial charge in [-0.05, 0) is 17.5 Å². The first-order valence-electron chi connectivity index (χ1n) is 9.73. The molecule has 0 amide bonds. The van der Waals surface area contributed by atoms with Gasteiger partial charge in [0.15, 0.2) is 0 Å². The van der Waals surface area contributed by atoms with Gasteiger partial charge in [-0.15, -0.1) is 0 Å². The normalized spacial score (nSPS) is 16.4. The van der Waals surface area contributed by atoms with Crippen molar-refractivity contribution in [2.24, 2.45) is 0 Å². The third-order valence-electron chi connectivity index (χ3n) is 5.64. The van der Waals surface area contributed by atoms with Crippen molar-refractivity contribution in [3.63, 3.8) is 0 Å². The number of rotatable bonds is 5. The molecule has 0 aliphatic carbocycles. The summed E-state index contributed by atoms with van der Waals surface area (Å²) in [6, 6.07) is 22.9. The first-order chi connectivity index (χ1) is 13.5. The Hall–Kier alpha value is -1.87. The number of piperazine rings is 1. The van der Waals surface area contributed by atoms with Crippen LogP contribution in [0.15, 0.2) is 60.7 Å². The Labute approximate surface area is 178 Å². The Kier molecular flexibility index (Phi) is 6.77. The SMILES string of the molecule is C[N+]1(C)CCN(C(=S)SCCC(C#N)(c2ccccc2)c2ccccc2)CC1. The number of hydrogen-bond acceptors (Lipinski definition) is 3. The lowest BCUT2D eigenvalue weighted by Gasteiger charge is -2.40. The maximum absolute atomic E-state index is 10.3. The second-order valence-corrected chi connectivity index (χ2v) is 9.71. The molecule has 0 unspecified atom stereocenters. The molecular weight excluding hydrogens is 382 g/mol. The van der Waals surface area contributed by atoms with Gasteiger partial charge in [-0.3, -0.25) is 0 Å². The van der Waals surface area contributed by atoms with Crippen LogP contribution in [-0.2, 0) is 5.41 Å². The maximum Gasteiger partial charge on any atom is 0.136 e. The fourth-order valence-corrected chi connectivity index (χ4v) is 5.04. The number of nitrogens with zero attached hydrogens (tertiary/aromatic N) is 3. The third-order valence-corrected chi connectivity index (χ3v) is 7.16. The monoisotopic (exact) mass is 410 g/mol. The van der Waals surface area contributed by atoms with Gasteiger partial charge in [0.1, 0.15) is 9.74 Å². The van der Waals surface area contributed by atoms with E-state index in [1.165, 1.54) is 0 Å². The molecule has 28 heavy (non-hydrogen) atoms. The molecule has 3 rings (SSSR count). The molecule has 1 aliphatic heterocycles. The summed E-state index contributed by atoms with van der Waals surface area (Å²) >= 11 is 7.42. The van der Waals surface area contributed by atoms with Crippen LogP contribution in [-0.4, -0.2) is 59.7 Å². The number of likely N-dealkylation sites (N-methyl/N-ethyl adjacent to an activating group) is 1. The van der Waals surface area contributed by atoms with Crippen LogP contribution in [0.4, 0.5) is 0 Å². The summed E-state index contributed by atoms with van der Waals surface area (Å²) in [5, 5.41) is 10.3. The maximum atomic E-state index is 10.3. The quantitative estimate of drug-likeness (QED) is 0.543. The largest absolute Gasteiger partial charge is 0.346 e. The molecule has 146 valence electrons. The lowest BCUT2D eigenvalue weighted by molar-refractivity contribution is -0.893. The molecule has 0 saturated carbocycles. The summed E-state index contributed by atoms with van der Waals surface area (Å²) < 4.78 is 2.02. The lowest BCUT2D eigenvalue weighted by Crippen LogP contribution is -2.55. The summed E-state index contributed by atoms with van der Waals surface area (Å²) in [6.07, 6.45) is 0.734. The van der Waals surface area contributed by atoms with Crippen molar-refractivity contribution >= 4 is 28.3 Å². The topological polar surface area (TPSA) is 27.0 Å². The van der Waals surface area contributed by atoms with E-state index in [1.54, 1.807) is 11.8 Å². The second kappa shape index (κ2) is 9.09. The Morgan fingerprint density at radius 3 is 2.00 bits per heavy atom. The third kappa shape index (κ3) is 4.75. The fraction of sp³-hybridized carbons (Fsp3) is 0.391. The van der Waals surface area contributed by atoms with Crippen molar-refractivity contribution in [2.45, 2.75) is 11.8 Å². The highest BCUT2D eigenvalue weighted by Crippen LogP contribution is 2.36. The van der Waals surface area contributed by atoms with Crippen LogP contribution >= 0.6 is 24.0 Å². The highest BCUT2D eigenvalue weighted by atomic mass is 32.2. The molecule has 2 aromatic carbocycles. The van der Waals surface area contributed by atoms with Crippen LogP contribution in [0, 0.1) is 11.3 Å². The van der Waals surface area contributed by atoms with E-state index in [2.05, 4.69) is 49.3 Å². The smallest absolute Gasteiger partial charge is 0.136 e. The van der Waals surface area contributed by atoms with Gasteiger partial charge >= 0.3 is 0 Å². The van der Waals surface area contributed by atoms with Gasteiger partial charge in [-0.1, -0.05) is 84.6 Å². The summed E-state index contributed by atoms with van der Waals surface area (Å²) in [5.41, 5.74) is 1.45. The number of thiocarbonyl (C=S) groups is 1. The molecule has 0 spiro atoms. The number of nitriles is 1. The standard InChI is InChI=1S/C23H28N3S2/c1-26(2)16-14-25(15-17-26)22(27)28-18-13-23(19-24,20-9-5-3-6-10-20)21-11-7-4-8-12-21/h3-12H,13-18H2,1-2H3/q+1. The van der Waals surface area contributed by atoms with E-state index >= 15 is 0 Å². The van der Waals surface area contributed by atoms with E-state index in [4.69, 9.17) is 12.2 Å². The Morgan fingerprint density at radius 2 is 1.54 bits per heavy atom. The molecule has 1 saturated heterocycles. The predicted molar refractivity (Wildman–Crippen MR) is 122 cm³/mol. The number of hydrogen-bond donors (Lipinski definition) is 0. The molecule has 1 heterocycles. The highest BCUT2D eigenvalue weighted by molar-refractivity contribution is 8.22. The zero-order valence-corrected chi connectivity index (χ0v) is 18.3. The van der Waals surface area contributed by atoms with Gasteiger partial charge in [0.2, 0.25) is 0 Å². The average molecular weight is 411 g/mol. The Bertz CT molecular complexity index is 778. The predicted octanol–water partition coefficient (Wildman–Crippen LogP) is 4.30. The number of quaternary nitrogens is 1. The average Bonchev–Trinajstić information content (AvgIpc) is 2.72. The minimum absolute atomic E-state index is 0.647. The van der Waals surface area contributed by atoms with E-state index in [-0.39, 0.29) is 0 Å². The van der Waals surface area contributed by atoms with Gasteiger partial charge in [0.05, 0.1) is 46.3 Å². The summed E-state index contributed by atoms with van der Waals surface area (Å²) in [7, 11) is 4.54. The number of thioether (sulfide) groups is 1. The molecular formula is C23H28N3S2+. The van der Waals surface area contributed by atoms with E-state index in [0.717, 1.165) is 58.3 Å². The Balaban J connectivity index is 1.71. The minimum atomic E-state index is -0.647. The van der Waals surface area contributed by atoms with Crippen LogP contribution in [0.5, 0.6) is 0 Å². The molecule has 5 heteroatoms. The molecule has 3 nitrogen and oxygen atoms in total. The first kappa shape index (κ1) is 20.9. The first-order valence-corrected chi connectivity index (χ1v) is 11.1. The lowest BCUT2D eigenvalue weighted by atomic mass is 9.74. The molecule has 0 aromatic heterocycles. The van der Waals surface area contributed by atoms with Gasteiger partial charge in [0, 0.05) is 5.75 Å². The number of benzene rings is 2. The summed E-state index contributed by atoms with van der Waals surface area (Å²) in [5.74, 6) is 0.824. The minimum Gasteiger partial charge on any atom is -0.346 e. The molecule has 0 radical (unpaired) electrons. The van der Waals surface area contributed by atoms with E-state index in [1.807, 2.05) is 36.4 Å². The van der Waals surface area contributed by atoms with Crippen molar-refractivity contribution in [1.29, 1.82) is 5.26 Å². The van der Waals surface area contributed by atoms with Gasteiger partial charge < -0.3 is 9.38 Å². The van der Waals surface area contributed by atoms with E-state index in [9.17, 15) is 5.26 Å². The molecule has 1 fully saturated rings. The van der Waals surface area contributed by atoms with Crippen molar-refractivity contribution < 1.29 is 4.48 Å². The molecule has 2 aromatic rings. The van der Waals surface area contributed by atoms with Gasteiger partial charge in [-0.2, -0.15) is 5.26 Å². The summed E-state index contributed by atoms with van der Waals surface area (Å²) in [6.45, 7) is 4.27. The van der Waals surface area contributed by atoms with Crippen LogP contribution in [0.1, 0.15) is 17.5 Å². The van der Waals surface area contributed by atoms with Crippen LogP contribution in [0.25, 0.3) is 0 Å². The zero-order chi connectivity index (χ0) is 20.0. The molecule has 0 atom stereocenters. The van der Waals surface area contributed by atoms with Gasteiger partial charge in [0.25, 0.3) is 0 Å². The van der Waals surface area contributed by atoms with Crippen molar-refractivity contribution in [2.75, 3.05) is 46.0 Å². The van der Waals surface area contributed by atoms with Crippen molar-refractivity contribution in [1.82, 2.24) is 4.90 Å². The van der Waals surface area contributed by atoms with E-state index in [0.29, 0.717) is 0 Å². The fourth-order valence-electron chi connectivity index (χ4n) is 3.66. The van der Waals surface area contributed by atoms with E-state index < -0.39 is 5.41 Å². The highest BCUT2D eigenvalue weighted by Gasteiger charge is 2.34. The molecule has 0 N–H and O–H groups in total. The summed E-state index contributed by atoms with van der Waals surface area (Å²) in [4.78, 5) is 2.32. The van der Waals surface area contributed by atoms with Crippen molar-refractivity contribution in [3.05, 3.63) is 71.8 Å². The second-order valence-electron chi connectivity index (χ2n) is 7.98. The molecule has 1 aliphatic rings. The van der Waals surface area contributed by atoms with Crippen LogP contribution in [0.2, 0.25) is 0 Å². The van der Waals surface area contributed by atoms with Crippen LogP contribution in [0.3, 0.4) is 0 Å². The molecule has 0 bridgehead atoms. The van der Waals surface area contributed by atoms with Crippen molar-refractivity contribution in [3.8, 4) is 6.07 Å².